The minimum absolute atomic E-state index is 0.0353. The third-order valence-corrected chi connectivity index (χ3v) is 4.69. The van der Waals surface area contributed by atoms with Crippen LogP contribution in [-0.2, 0) is 24.3 Å². The highest BCUT2D eigenvalue weighted by molar-refractivity contribution is 5.83. The molecule has 0 unspecified atom stereocenters. The predicted molar refractivity (Wildman–Crippen MR) is 105 cm³/mol. The molecule has 0 spiro atoms. The summed E-state index contributed by atoms with van der Waals surface area (Å²) < 4.78 is 5.92. The van der Waals surface area contributed by atoms with Crippen molar-refractivity contribution >= 4 is 16.9 Å². The van der Waals surface area contributed by atoms with Crippen molar-refractivity contribution in [3.63, 3.8) is 0 Å². The molecule has 4 rings (SSSR count). The molecule has 142 valence electrons. The molecule has 0 aliphatic carbocycles. The van der Waals surface area contributed by atoms with E-state index < -0.39 is 0 Å². The number of aromatic nitrogens is 4. The van der Waals surface area contributed by atoms with Crippen molar-refractivity contribution in [3.8, 4) is 11.4 Å². The van der Waals surface area contributed by atoms with Crippen molar-refractivity contribution in [1.29, 1.82) is 0 Å². The minimum Gasteiger partial charge on any atom is -0.461 e. The summed E-state index contributed by atoms with van der Waals surface area (Å²) in [5.41, 5.74) is 2.76. The second-order valence-corrected chi connectivity index (χ2v) is 6.61. The third-order valence-electron chi connectivity index (χ3n) is 4.69. The highest BCUT2D eigenvalue weighted by atomic mass is 16.3. The average Bonchev–Trinajstić information content (AvgIpc) is 3.33. The van der Waals surface area contributed by atoms with Gasteiger partial charge in [-0.05, 0) is 11.3 Å². The molecule has 0 bridgehead atoms. The number of benzene rings is 2. The number of fused-ring (bicyclic) bond motifs is 1. The van der Waals surface area contributed by atoms with Gasteiger partial charge >= 0.3 is 0 Å². The Balaban J connectivity index is 1.48. The van der Waals surface area contributed by atoms with Crippen LogP contribution in [0.2, 0.25) is 0 Å². The number of hydrogen-bond acceptors (Lipinski definition) is 5. The first-order valence-electron chi connectivity index (χ1n) is 9.22. The molecule has 0 fully saturated rings. The normalized spacial score (nSPS) is 11.1. The number of hydrogen-bond donors (Lipinski definition) is 0. The van der Waals surface area contributed by atoms with Gasteiger partial charge in [-0.3, -0.25) is 4.79 Å². The molecule has 0 saturated carbocycles. The first-order valence-corrected chi connectivity index (χ1v) is 9.22. The minimum atomic E-state index is -0.0932. The maximum Gasteiger partial charge on any atom is 0.246 e. The summed E-state index contributed by atoms with van der Waals surface area (Å²) in [6.45, 7) is 2.56. The molecule has 2 heterocycles. The van der Waals surface area contributed by atoms with Gasteiger partial charge < -0.3 is 9.32 Å². The lowest BCUT2D eigenvalue weighted by Crippen LogP contribution is -2.30. The smallest absolute Gasteiger partial charge is 0.246 e. The molecule has 28 heavy (non-hydrogen) atoms. The Hall–Kier alpha value is -3.48. The summed E-state index contributed by atoms with van der Waals surface area (Å²) in [5, 5.41) is 13.4. The molecule has 1 amide bonds. The lowest BCUT2D eigenvalue weighted by molar-refractivity contribution is -0.131. The lowest BCUT2D eigenvalue weighted by atomic mass is 10.1. The third kappa shape index (κ3) is 3.51. The summed E-state index contributed by atoms with van der Waals surface area (Å²) in [5.74, 6) is 1.32. The molecule has 0 radical (unpaired) electrons. The van der Waals surface area contributed by atoms with Crippen LogP contribution in [0.1, 0.15) is 18.2 Å². The molecule has 2 aromatic heterocycles. The zero-order valence-electron chi connectivity index (χ0n) is 15.9. The fourth-order valence-electron chi connectivity index (χ4n) is 3.19. The Morgan fingerprint density at radius 3 is 2.64 bits per heavy atom. The van der Waals surface area contributed by atoms with E-state index in [0.717, 1.165) is 34.3 Å². The van der Waals surface area contributed by atoms with E-state index in [1.807, 2.05) is 61.5 Å². The van der Waals surface area contributed by atoms with E-state index in [0.29, 0.717) is 12.4 Å². The number of tetrazole rings is 1. The lowest BCUT2D eigenvalue weighted by Gasteiger charge is -2.16. The standard InChI is InChI=1S/C21H21N5O2/c1-3-18-17(16-11-7-8-12-19(16)28-18)13-25(2)20(27)14-26-23-21(22-24-26)15-9-5-4-6-10-15/h4-12H,3,13-14H2,1-2H3. The maximum absolute atomic E-state index is 12.7. The Labute approximate surface area is 162 Å². The molecular formula is C21H21N5O2. The van der Waals surface area contributed by atoms with Gasteiger partial charge in [-0.15, -0.1) is 10.2 Å². The molecule has 0 saturated heterocycles. The van der Waals surface area contributed by atoms with Crippen LogP contribution < -0.4 is 0 Å². The summed E-state index contributed by atoms with van der Waals surface area (Å²) >= 11 is 0. The molecule has 0 N–H and O–H groups in total. The number of amides is 1. The number of nitrogens with zero attached hydrogens (tertiary/aromatic N) is 5. The van der Waals surface area contributed by atoms with Crippen LogP contribution in [0.3, 0.4) is 0 Å². The van der Waals surface area contributed by atoms with E-state index in [2.05, 4.69) is 15.4 Å². The van der Waals surface area contributed by atoms with Gasteiger partial charge in [0.05, 0.1) is 0 Å². The number of para-hydroxylation sites is 1. The van der Waals surface area contributed by atoms with Crippen molar-refractivity contribution < 1.29 is 9.21 Å². The molecule has 0 aliphatic heterocycles. The Morgan fingerprint density at radius 1 is 1.11 bits per heavy atom. The van der Waals surface area contributed by atoms with Gasteiger partial charge in [-0.2, -0.15) is 4.80 Å². The van der Waals surface area contributed by atoms with E-state index in [-0.39, 0.29) is 12.5 Å². The van der Waals surface area contributed by atoms with Gasteiger partial charge in [0.15, 0.2) is 0 Å². The van der Waals surface area contributed by atoms with Crippen LogP contribution in [-0.4, -0.2) is 38.1 Å². The van der Waals surface area contributed by atoms with Crippen LogP contribution in [0.15, 0.2) is 59.0 Å². The van der Waals surface area contributed by atoms with Crippen molar-refractivity contribution in [2.45, 2.75) is 26.4 Å². The fourth-order valence-corrected chi connectivity index (χ4v) is 3.19. The van der Waals surface area contributed by atoms with Gasteiger partial charge in [-0.1, -0.05) is 55.5 Å². The quantitative estimate of drug-likeness (QED) is 0.517. The summed E-state index contributed by atoms with van der Waals surface area (Å²) in [4.78, 5) is 15.7. The second kappa shape index (κ2) is 7.64. The van der Waals surface area contributed by atoms with E-state index in [9.17, 15) is 4.79 Å². The number of aryl methyl sites for hydroxylation is 1. The number of rotatable bonds is 6. The van der Waals surface area contributed by atoms with Crippen molar-refractivity contribution in [1.82, 2.24) is 25.1 Å². The van der Waals surface area contributed by atoms with Gasteiger partial charge in [0.25, 0.3) is 0 Å². The van der Waals surface area contributed by atoms with E-state index in [1.54, 1.807) is 11.9 Å². The van der Waals surface area contributed by atoms with E-state index in [4.69, 9.17) is 4.42 Å². The first kappa shape index (κ1) is 17.9. The van der Waals surface area contributed by atoms with Crippen molar-refractivity contribution in [2.24, 2.45) is 0 Å². The highest BCUT2D eigenvalue weighted by Gasteiger charge is 2.18. The topological polar surface area (TPSA) is 77.0 Å². The fraction of sp³-hybridized carbons (Fsp3) is 0.238. The van der Waals surface area contributed by atoms with E-state index in [1.165, 1.54) is 4.80 Å². The first-order chi connectivity index (χ1) is 13.7. The van der Waals surface area contributed by atoms with Gasteiger partial charge in [0.2, 0.25) is 11.7 Å². The molecular weight excluding hydrogens is 354 g/mol. The Morgan fingerprint density at radius 2 is 1.86 bits per heavy atom. The molecule has 7 heteroatoms. The predicted octanol–water partition coefficient (Wildman–Crippen LogP) is 3.31. The Kier molecular flexibility index (Phi) is 4.89. The molecule has 2 aromatic carbocycles. The number of furan rings is 1. The number of carbonyl (C=O) groups excluding carboxylic acids is 1. The SMILES string of the molecule is CCc1oc2ccccc2c1CN(C)C(=O)Cn1nnc(-c2ccccc2)n1. The number of carbonyl (C=O) groups is 1. The summed E-state index contributed by atoms with van der Waals surface area (Å²) in [7, 11) is 1.78. The highest BCUT2D eigenvalue weighted by Crippen LogP contribution is 2.27. The molecule has 4 aromatic rings. The van der Waals surface area contributed by atoms with Crippen LogP contribution in [0.25, 0.3) is 22.4 Å². The largest absolute Gasteiger partial charge is 0.461 e. The summed E-state index contributed by atoms with van der Waals surface area (Å²) in [6, 6.07) is 17.5. The van der Waals surface area contributed by atoms with Gasteiger partial charge in [-0.25, -0.2) is 0 Å². The average molecular weight is 375 g/mol. The number of likely N-dealkylation sites (N-methyl/N-ethyl adjacent to an activating group) is 1. The van der Waals surface area contributed by atoms with Crippen LogP contribution in [0, 0.1) is 0 Å². The van der Waals surface area contributed by atoms with Crippen LogP contribution in [0.4, 0.5) is 0 Å². The van der Waals surface area contributed by atoms with Crippen molar-refractivity contribution in [2.75, 3.05) is 7.05 Å². The monoisotopic (exact) mass is 375 g/mol. The molecule has 0 atom stereocenters. The van der Waals surface area contributed by atoms with Gasteiger partial charge in [0, 0.05) is 36.5 Å². The maximum atomic E-state index is 12.7. The zero-order valence-corrected chi connectivity index (χ0v) is 15.9. The molecule has 7 nitrogen and oxygen atoms in total. The van der Waals surface area contributed by atoms with Crippen LogP contribution in [0.5, 0.6) is 0 Å². The zero-order chi connectivity index (χ0) is 19.5. The molecule has 0 aliphatic rings. The Bertz CT molecular complexity index is 1100. The van der Waals surface area contributed by atoms with Crippen LogP contribution >= 0.6 is 0 Å². The second-order valence-electron chi connectivity index (χ2n) is 6.61. The van der Waals surface area contributed by atoms with E-state index >= 15 is 0 Å². The summed E-state index contributed by atoms with van der Waals surface area (Å²) in [6.07, 6.45) is 0.775. The van der Waals surface area contributed by atoms with Crippen molar-refractivity contribution in [3.05, 3.63) is 65.9 Å². The van der Waals surface area contributed by atoms with Gasteiger partial charge in [0.1, 0.15) is 17.9 Å².